The standard InChI is InChI=1S/C13H14ClN3/c14-10-5-2-6-11-9(10)7-12(17-15)13(16-11)8-3-1-4-8/h2,5-8,17H,1,3-4,15H2. The van der Waals surface area contributed by atoms with Crippen molar-refractivity contribution in [1.29, 1.82) is 0 Å². The number of pyridine rings is 1. The summed E-state index contributed by atoms with van der Waals surface area (Å²) in [5.41, 5.74) is 5.66. The smallest absolute Gasteiger partial charge is 0.0722 e. The number of rotatable bonds is 2. The van der Waals surface area contributed by atoms with E-state index in [4.69, 9.17) is 22.4 Å². The predicted molar refractivity (Wildman–Crippen MR) is 71.2 cm³/mol. The molecule has 88 valence electrons. The molecule has 3 N–H and O–H groups in total. The monoisotopic (exact) mass is 247 g/mol. The highest BCUT2D eigenvalue weighted by Crippen LogP contribution is 2.40. The SMILES string of the molecule is NNc1cc2c(Cl)cccc2nc1C1CCC1. The number of hydrazine groups is 1. The number of aromatic nitrogens is 1. The molecule has 0 atom stereocenters. The number of nitrogens with two attached hydrogens (primary N) is 1. The van der Waals surface area contributed by atoms with Crippen molar-refractivity contribution < 1.29 is 0 Å². The molecule has 1 aliphatic rings. The van der Waals surface area contributed by atoms with Gasteiger partial charge in [-0.05, 0) is 31.0 Å². The van der Waals surface area contributed by atoms with E-state index in [1.54, 1.807) is 0 Å². The average molecular weight is 248 g/mol. The van der Waals surface area contributed by atoms with Gasteiger partial charge in [0.1, 0.15) is 0 Å². The molecule has 0 spiro atoms. The van der Waals surface area contributed by atoms with Crippen LogP contribution in [0.4, 0.5) is 5.69 Å². The second-order valence-electron chi connectivity index (χ2n) is 4.50. The van der Waals surface area contributed by atoms with Crippen LogP contribution in [-0.2, 0) is 0 Å². The Morgan fingerprint density at radius 1 is 1.35 bits per heavy atom. The molecule has 1 heterocycles. The number of benzene rings is 1. The molecule has 1 aromatic heterocycles. The summed E-state index contributed by atoms with van der Waals surface area (Å²) in [6.07, 6.45) is 3.69. The minimum Gasteiger partial charge on any atom is -0.322 e. The highest BCUT2D eigenvalue weighted by atomic mass is 35.5. The van der Waals surface area contributed by atoms with Gasteiger partial charge in [-0.1, -0.05) is 24.1 Å². The normalized spacial score (nSPS) is 15.9. The molecule has 17 heavy (non-hydrogen) atoms. The maximum absolute atomic E-state index is 6.16. The summed E-state index contributed by atoms with van der Waals surface area (Å²) in [4.78, 5) is 4.70. The largest absolute Gasteiger partial charge is 0.322 e. The second kappa shape index (κ2) is 4.17. The van der Waals surface area contributed by atoms with Crippen molar-refractivity contribution in [2.75, 3.05) is 5.43 Å². The van der Waals surface area contributed by atoms with Gasteiger partial charge in [0.25, 0.3) is 0 Å². The van der Waals surface area contributed by atoms with Gasteiger partial charge in [0.15, 0.2) is 0 Å². The van der Waals surface area contributed by atoms with Gasteiger partial charge in [-0.3, -0.25) is 10.8 Å². The van der Waals surface area contributed by atoms with Crippen LogP contribution in [0.3, 0.4) is 0 Å². The van der Waals surface area contributed by atoms with Crippen LogP contribution < -0.4 is 11.3 Å². The molecule has 3 nitrogen and oxygen atoms in total. The molecule has 0 aliphatic heterocycles. The molecule has 0 unspecified atom stereocenters. The molecule has 1 aromatic carbocycles. The van der Waals surface area contributed by atoms with E-state index in [1.807, 2.05) is 24.3 Å². The zero-order valence-electron chi connectivity index (χ0n) is 9.41. The van der Waals surface area contributed by atoms with Gasteiger partial charge in [-0.2, -0.15) is 0 Å². The molecular weight excluding hydrogens is 234 g/mol. The Morgan fingerprint density at radius 2 is 2.18 bits per heavy atom. The van der Waals surface area contributed by atoms with Crippen LogP contribution in [0.2, 0.25) is 5.02 Å². The van der Waals surface area contributed by atoms with E-state index >= 15 is 0 Å². The topological polar surface area (TPSA) is 50.9 Å². The summed E-state index contributed by atoms with van der Waals surface area (Å²) >= 11 is 6.16. The van der Waals surface area contributed by atoms with Gasteiger partial charge >= 0.3 is 0 Å². The maximum atomic E-state index is 6.16. The van der Waals surface area contributed by atoms with Crippen molar-refractivity contribution in [3.8, 4) is 0 Å². The Morgan fingerprint density at radius 3 is 2.82 bits per heavy atom. The third-order valence-corrected chi connectivity index (χ3v) is 3.81. The van der Waals surface area contributed by atoms with Crippen LogP contribution >= 0.6 is 11.6 Å². The van der Waals surface area contributed by atoms with E-state index in [9.17, 15) is 0 Å². The number of nitrogens with zero attached hydrogens (tertiary/aromatic N) is 1. The second-order valence-corrected chi connectivity index (χ2v) is 4.91. The molecule has 2 aromatic rings. The molecule has 0 amide bonds. The summed E-state index contributed by atoms with van der Waals surface area (Å²) < 4.78 is 0. The first-order chi connectivity index (χ1) is 8.29. The fraction of sp³-hybridized carbons (Fsp3) is 0.308. The summed E-state index contributed by atoms with van der Waals surface area (Å²) in [5, 5.41) is 1.66. The average Bonchev–Trinajstić information content (AvgIpc) is 2.26. The van der Waals surface area contributed by atoms with E-state index in [0.717, 1.165) is 22.3 Å². The van der Waals surface area contributed by atoms with Crippen LogP contribution in [0.1, 0.15) is 30.9 Å². The lowest BCUT2D eigenvalue weighted by Gasteiger charge is -2.27. The summed E-state index contributed by atoms with van der Waals surface area (Å²) in [7, 11) is 0. The molecule has 3 rings (SSSR count). The van der Waals surface area contributed by atoms with Crippen molar-refractivity contribution >= 4 is 28.2 Å². The number of anilines is 1. The summed E-state index contributed by atoms with van der Waals surface area (Å²) in [6, 6.07) is 7.79. The molecule has 4 heteroatoms. The highest BCUT2D eigenvalue weighted by Gasteiger charge is 2.24. The lowest BCUT2D eigenvalue weighted by Crippen LogP contribution is -2.16. The van der Waals surface area contributed by atoms with Gasteiger partial charge in [-0.25, -0.2) is 0 Å². The molecule has 1 aliphatic carbocycles. The third kappa shape index (κ3) is 1.75. The van der Waals surface area contributed by atoms with Crippen molar-refractivity contribution in [3.63, 3.8) is 0 Å². The van der Waals surface area contributed by atoms with Gasteiger partial charge in [0.2, 0.25) is 0 Å². The molecule has 0 bridgehead atoms. The zero-order valence-corrected chi connectivity index (χ0v) is 10.2. The van der Waals surface area contributed by atoms with Gasteiger partial charge in [0, 0.05) is 11.3 Å². The van der Waals surface area contributed by atoms with Gasteiger partial charge in [0.05, 0.1) is 21.9 Å². The van der Waals surface area contributed by atoms with Crippen LogP contribution in [0, 0.1) is 0 Å². The Kier molecular flexibility index (Phi) is 2.65. The third-order valence-electron chi connectivity index (χ3n) is 3.48. The number of hydrogen-bond acceptors (Lipinski definition) is 3. The first-order valence-corrected chi connectivity index (χ1v) is 6.23. The summed E-state index contributed by atoms with van der Waals surface area (Å²) in [6.45, 7) is 0. The minimum absolute atomic E-state index is 0.546. The van der Waals surface area contributed by atoms with Crippen LogP contribution in [-0.4, -0.2) is 4.98 Å². The van der Waals surface area contributed by atoms with E-state index in [0.29, 0.717) is 10.9 Å². The van der Waals surface area contributed by atoms with E-state index < -0.39 is 0 Å². The van der Waals surface area contributed by atoms with Gasteiger partial charge in [-0.15, -0.1) is 0 Å². The Balaban J connectivity index is 2.21. The van der Waals surface area contributed by atoms with E-state index in [1.165, 1.54) is 19.3 Å². The fourth-order valence-corrected chi connectivity index (χ4v) is 2.51. The van der Waals surface area contributed by atoms with Crippen molar-refractivity contribution in [2.24, 2.45) is 5.84 Å². The Bertz CT molecular complexity index is 564. The number of halogens is 1. The lowest BCUT2D eigenvalue weighted by molar-refractivity contribution is 0.413. The Labute approximate surface area is 105 Å². The van der Waals surface area contributed by atoms with Crippen molar-refractivity contribution in [1.82, 2.24) is 4.98 Å². The fourth-order valence-electron chi connectivity index (χ4n) is 2.28. The van der Waals surface area contributed by atoms with Crippen LogP contribution in [0.15, 0.2) is 24.3 Å². The number of nitrogens with one attached hydrogen (secondary N) is 1. The minimum atomic E-state index is 0.546. The summed E-state index contributed by atoms with van der Waals surface area (Å²) in [5.74, 6) is 6.12. The van der Waals surface area contributed by atoms with Crippen molar-refractivity contribution in [3.05, 3.63) is 35.0 Å². The molecule has 0 radical (unpaired) electrons. The lowest BCUT2D eigenvalue weighted by atomic mass is 9.82. The maximum Gasteiger partial charge on any atom is 0.0722 e. The zero-order chi connectivity index (χ0) is 11.8. The molecular formula is C13H14ClN3. The first-order valence-electron chi connectivity index (χ1n) is 5.85. The molecule has 1 fully saturated rings. The predicted octanol–water partition coefficient (Wildman–Crippen LogP) is 3.44. The van der Waals surface area contributed by atoms with Crippen molar-refractivity contribution in [2.45, 2.75) is 25.2 Å². The molecule has 1 saturated carbocycles. The molecule has 0 saturated heterocycles. The van der Waals surface area contributed by atoms with Crippen LogP contribution in [0.25, 0.3) is 10.9 Å². The van der Waals surface area contributed by atoms with E-state index in [-0.39, 0.29) is 0 Å². The number of hydrogen-bond donors (Lipinski definition) is 2. The van der Waals surface area contributed by atoms with Crippen LogP contribution in [0.5, 0.6) is 0 Å². The number of nitrogen functional groups attached to an aromatic ring is 1. The first kappa shape index (κ1) is 10.8. The number of fused-ring (bicyclic) bond motifs is 1. The Hall–Kier alpha value is -1.32. The quantitative estimate of drug-likeness (QED) is 0.631. The van der Waals surface area contributed by atoms with E-state index in [2.05, 4.69) is 5.43 Å². The van der Waals surface area contributed by atoms with Gasteiger partial charge < -0.3 is 5.43 Å². The highest BCUT2D eigenvalue weighted by molar-refractivity contribution is 6.35.